The quantitative estimate of drug-likeness (QED) is 0.201. The maximum Gasteiger partial charge on any atom is 0.178 e. The number of fused-ring (bicyclic) bond motifs is 7. The second-order valence-corrected chi connectivity index (χ2v) is 9.02. The molecule has 9 aromatic rings. The van der Waals surface area contributed by atoms with Crippen LogP contribution in [0, 0.1) is 0 Å². The van der Waals surface area contributed by atoms with Gasteiger partial charge in [0.25, 0.3) is 0 Å². The zero-order valence-corrected chi connectivity index (χ0v) is 20.8. The van der Waals surface area contributed by atoms with Crippen molar-refractivity contribution in [3.05, 3.63) is 145 Å². The number of hydrogen-bond donors (Lipinski definition) is 0. The van der Waals surface area contributed by atoms with Gasteiger partial charge in [0.2, 0.25) is 0 Å². The second kappa shape index (κ2) is 8.95. The van der Waals surface area contributed by atoms with Crippen molar-refractivity contribution in [2.75, 3.05) is 0 Å². The normalized spacial score (nSPS) is 19.8. The van der Waals surface area contributed by atoms with E-state index in [4.69, 9.17) is 33.5 Å². The van der Waals surface area contributed by atoms with E-state index in [0.29, 0.717) is 0 Å². The van der Waals surface area contributed by atoms with Crippen LogP contribution in [-0.2, 0) is 0 Å². The van der Waals surface area contributed by atoms with Gasteiger partial charge in [-0.15, -0.1) is 0 Å². The average Bonchev–Trinajstić information content (AvgIpc) is 3.89. The van der Waals surface area contributed by atoms with Gasteiger partial charge >= 0.3 is 0 Å². The Morgan fingerprint density at radius 1 is 0.333 bits per heavy atom. The van der Waals surface area contributed by atoms with Crippen molar-refractivity contribution in [3.8, 4) is 33.6 Å². The van der Waals surface area contributed by atoms with Crippen LogP contribution in [0.25, 0.3) is 88.0 Å². The minimum absolute atomic E-state index is 0.360. The molecule has 0 amide bonds. The number of hydrogen-bond acceptors (Lipinski definition) is 2. The van der Waals surface area contributed by atoms with Crippen LogP contribution >= 0.6 is 0 Å². The summed E-state index contributed by atoms with van der Waals surface area (Å²) in [6, 6.07) is -21.3. The highest BCUT2D eigenvalue weighted by atomic mass is 16.4. The van der Waals surface area contributed by atoms with Crippen molar-refractivity contribution < 1.29 is 41.7 Å². The lowest BCUT2D eigenvalue weighted by molar-refractivity contribution is 0.612. The summed E-state index contributed by atoms with van der Waals surface area (Å²) in [5.74, 6) is -0.791. The fourth-order valence-electron chi connectivity index (χ4n) is 5.21. The summed E-state index contributed by atoms with van der Waals surface area (Å²) in [7, 11) is 0. The summed E-state index contributed by atoms with van der Waals surface area (Å²) in [6.45, 7) is 0. The van der Waals surface area contributed by atoms with Gasteiger partial charge in [-0.1, -0.05) is 127 Å². The highest BCUT2D eigenvalue weighted by Crippen LogP contribution is 2.50. The Labute approximate surface area is 275 Å². The van der Waals surface area contributed by atoms with E-state index in [0.717, 1.165) is 0 Å². The molecule has 0 N–H and O–H groups in total. The summed E-state index contributed by atoms with van der Waals surface area (Å²) in [5.41, 5.74) is -5.10. The van der Waals surface area contributed by atoms with E-state index in [-0.39, 0.29) is 5.39 Å². The molecule has 0 spiro atoms. The third-order valence-corrected chi connectivity index (χ3v) is 6.86. The maximum absolute atomic E-state index is 9.57. The molecule has 0 aliphatic carbocycles. The molecule has 42 heavy (non-hydrogen) atoms. The third-order valence-electron chi connectivity index (χ3n) is 6.86. The van der Waals surface area contributed by atoms with E-state index in [9.17, 15) is 8.22 Å². The molecule has 2 nitrogen and oxygen atoms in total. The zero-order valence-electron chi connectivity index (χ0n) is 44.8. The van der Waals surface area contributed by atoms with Gasteiger partial charge in [0.15, 0.2) is 11.2 Å². The predicted molar refractivity (Wildman–Crippen MR) is 175 cm³/mol. The largest absolute Gasteiger partial charge is 0.452 e. The van der Waals surface area contributed by atoms with Crippen molar-refractivity contribution in [3.63, 3.8) is 0 Å². The highest BCUT2D eigenvalue weighted by molar-refractivity contribution is 6.26. The van der Waals surface area contributed by atoms with Crippen LogP contribution in [0.5, 0.6) is 0 Å². The lowest BCUT2D eigenvalue weighted by Crippen LogP contribution is -1.91. The summed E-state index contributed by atoms with van der Waals surface area (Å²) in [6.07, 6.45) is 0. The van der Waals surface area contributed by atoms with E-state index in [1.54, 1.807) is 0 Å². The molecule has 0 saturated heterocycles. The molecule has 0 saturated carbocycles. The fraction of sp³-hybridized carbons (Fsp3) is 0. The fourth-order valence-corrected chi connectivity index (χ4v) is 5.21. The number of para-hydroxylation sites is 1. The van der Waals surface area contributed by atoms with Crippen molar-refractivity contribution in [1.82, 2.24) is 0 Å². The molecule has 0 aliphatic rings. The molecule has 0 unspecified atom stereocenters. The molecule has 2 aromatic heterocycles. The van der Waals surface area contributed by atoms with Crippen LogP contribution < -0.4 is 0 Å². The first-order valence-corrected chi connectivity index (χ1v) is 12.3. The van der Waals surface area contributed by atoms with Crippen molar-refractivity contribution in [1.29, 1.82) is 0 Å². The molecule has 9 rings (SSSR count). The zero-order chi connectivity index (χ0) is 48.5. The molecule has 0 radical (unpaired) electrons. The Hall–Kier alpha value is -5.60. The lowest BCUT2D eigenvalue weighted by Gasteiger charge is -2.18. The molecule has 0 atom stereocenters. The summed E-state index contributed by atoms with van der Waals surface area (Å²) in [4.78, 5) is 0. The Kier molecular flexibility index (Phi) is 2.08. The van der Waals surface area contributed by atoms with E-state index in [1.807, 2.05) is 0 Å². The van der Waals surface area contributed by atoms with Crippen LogP contribution in [0.1, 0.15) is 32.9 Å². The predicted octanol–water partition coefficient (Wildman–Crippen LogP) is 11.6. The first-order chi connectivity index (χ1) is 30.8. The molecular weight excluding hydrogens is 512 g/mol. The van der Waals surface area contributed by atoms with E-state index >= 15 is 0 Å². The lowest BCUT2D eigenvalue weighted by atomic mass is 9.84. The minimum atomic E-state index is -0.964. The highest BCUT2D eigenvalue weighted by Gasteiger charge is 2.26. The van der Waals surface area contributed by atoms with Crippen LogP contribution in [0.2, 0.25) is 0 Å². The molecule has 0 bridgehead atoms. The van der Waals surface area contributed by atoms with Gasteiger partial charge in [-0.25, -0.2) is 0 Å². The maximum atomic E-state index is 9.57. The van der Waals surface area contributed by atoms with Crippen LogP contribution in [0.4, 0.5) is 0 Å². The molecule has 2 heteroatoms. The van der Waals surface area contributed by atoms with E-state index in [1.165, 1.54) is 0 Å². The summed E-state index contributed by atoms with van der Waals surface area (Å²) < 4.78 is 225. The van der Waals surface area contributed by atoms with E-state index < -0.39 is 228 Å². The van der Waals surface area contributed by atoms with Crippen molar-refractivity contribution in [2.24, 2.45) is 0 Å². The first kappa shape index (κ1) is 9.75. The SMILES string of the molecule is [2H]c1c([2H])c([2H])c(-c2oc3c(c([2H])c([2H])c4c3oc3c([2H])c([2H])c([2H])c([2H])c34)c2-c2c3c([2H])c([2H])c([2H])c([2H])c3c(-c3c([2H])c([2H])c([2H])c([2H])c3[2H])c3c([2H])c([2H])c([2H])c([2H])c23)c([2H])c1[2H]. The molecule has 0 fully saturated rings. The first-order valence-electron chi connectivity index (χ1n) is 24.3. The van der Waals surface area contributed by atoms with Gasteiger partial charge < -0.3 is 8.83 Å². The number of benzene rings is 7. The Balaban J connectivity index is 1.71. The van der Waals surface area contributed by atoms with Gasteiger partial charge in [-0.3, -0.25) is 0 Å². The molecule has 196 valence electrons. The minimum Gasteiger partial charge on any atom is -0.452 e. The van der Waals surface area contributed by atoms with E-state index in [2.05, 4.69) is 0 Å². The summed E-state index contributed by atoms with van der Waals surface area (Å²) >= 11 is 0. The van der Waals surface area contributed by atoms with Gasteiger partial charge in [0.05, 0.1) is 32.9 Å². The van der Waals surface area contributed by atoms with Gasteiger partial charge in [-0.05, 0) is 50.8 Å². The monoisotopic (exact) mass is 560 g/mol. The third kappa shape index (κ3) is 3.27. The number of rotatable bonds is 3. The van der Waals surface area contributed by atoms with Crippen LogP contribution in [0.15, 0.2) is 154 Å². The smallest absolute Gasteiger partial charge is 0.178 e. The molecule has 2 heterocycles. The standard InChI is InChI=1S/C40H24O2/c1-3-13-25(14-4-1)35-28-18-7-9-20-30(28)36(31-21-10-8-19-29(31)35)37-33-24-23-32-27-17-11-12-22-34(27)41-39(32)40(33)42-38(37)26-15-5-2-6-16-26/h1-24H/i1D,2D,3D,4D,5D,6D,7D,8D,9D,10D,11D,12D,13D,14D,15D,16D,17D,18D,19D,20D,21D,22D,23D,24D. The molecular formula is C40H24O2. The number of furan rings is 2. The Morgan fingerprint density at radius 3 is 1.45 bits per heavy atom. The van der Waals surface area contributed by atoms with Gasteiger partial charge in [0, 0.05) is 32.8 Å². The van der Waals surface area contributed by atoms with Crippen molar-refractivity contribution >= 4 is 54.5 Å². The van der Waals surface area contributed by atoms with Crippen LogP contribution in [0.3, 0.4) is 0 Å². The molecule has 7 aromatic carbocycles. The Morgan fingerprint density at radius 2 is 0.810 bits per heavy atom. The summed E-state index contributed by atoms with van der Waals surface area (Å²) in [5, 5.41) is -4.07. The van der Waals surface area contributed by atoms with Crippen LogP contribution in [-0.4, -0.2) is 0 Å². The molecule has 0 aliphatic heterocycles. The Bertz CT molecular complexity index is 3670. The second-order valence-electron chi connectivity index (χ2n) is 9.02. The van der Waals surface area contributed by atoms with Gasteiger partial charge in [-0.2, -0.15) is 0 Å². The van der Waals surface area contributed by atoms with Crippen molar-refractivity contribution in [2.45, 2.75) is 0 Å². The topological polar surface area (TPSA) is 26.3 Å². The van der Waals surface area contributed by atoms with Gasteiger partial charge in [0.1, 0.15) is 11.3 Å². The average molecular weight is 561 g/mol.